The topological polar surface area (TPSA) is 20.2 Å². The molecule has 0 spiro atoms. The van der Waals surface area contributed by atoms with Gasteiger partial charge in [-0.05, 0) is 26.8 Å². The highest BCUT2D eigenvalue weighted by molar-refractivity contribution is 5.86. The van der Waals surface area contributed by atoms with Gasteiger partial charge in [-0.25, -0.2) is 0 Å². The van der Waals surface area contributed by atoms with E-state index in [1.54, 1.807) is 0 Å². The number of para-hydroxylation sites is 1. The summed E-state index contributed by atoms with van der Waals surface area (Å²) in [5.74, 6) is 0. The molecule has 108 valence electrons. The van der Waals surface area contributed by atoms with Gasteiger partial charge in [0, 0.05) is 60.9 Å². The van der Waals surface area contributed by atoms with Crippen molar-refractivity contribution in [3.8, 4) is 0 Å². The molecule has 1 aliphatic rings. The molecule has 3 rings (SSSR count). The Morgan fingerprint density at radius 1 is 1.10 bits per heavy atom. The van der Waals surface area contributed by atoms with Gasteiger partial charge in [0.15, 0.2) is 0 Å². The SMILES string of the molecule is Cc1c(C(C)(C)N2CCNCC2)c2ccccc2n1C. The Morgan fingerprint density at radius 2 is 1.75 bits per heavy atom. The summed E-state index contributed by atoms with van der Waals surface area (Å²) in [6.07, 6.45) is 0. The number of aryl methyl sites for hydroxylation is 1. The van der Waals surface area contributed by atoms with Crippen molar-refractivity contribution in [3.63, 3.8) is 0 Å². The third kappa shape index (κ3) is 1.97. The highest BCUT2D eigenvalue weighted by Crippen LogP contribution is 2.37. The average molecular weight is 271 g/mol. The molecule has 1 fully saturated rings. The molecule has 0 amide bonds. The van der Waals surface area contributed by atoms with Crippen molar-refractivity contribution in [2.75, 3.05) is 26.2 Å². The molecule has 0 bridgehead atoms. The van der Waals surface area contributed by atoms with Crippen LogP contribution in [0.5, 0.6) is 0 Å². The zero-order valence-electron chi connectivity index (χ0n) is 13.0. The smallest absolute Gasteiger partial charge is 0.0483 e. The lowest BCUT2D eigenvalue weighted by Crippen LogP contribution is -2.52. The molecule has 0 saturated carbocycles. The largest absolute Gasteiger partial charge is 0.348 e. The Hall–Kier alpha value is -1.32. The van der Waals surface area contributed by atoms with Crippen LogP contribution >= 0.6 is 0 Å². The first kappa shape index (κ1) is 13.7. The minimum atomic E-state index is 0.0764. The van der Waals surface area contributed by atoms with Gasteiger partial charge in [-0.3, -0.25) is 4.90 Å². The maximum Gasteiger partial charge on any atom is 0.0483 e. The van der Waals surface area contributed by atoms with Crippen LogP contribution in [0.4, 0.5) is 0 Å². The van der Waals surface area contributed by atoms with Crippen molar-refractivity contribution in [3.05, 3.63) is 35.5 Å². The number of nitrogens with zero attached hydrogens (tertiary/aromatic N) is 2. The van der Waals surface area contributed by atoms with Crippen LogP contribution < -0.4 is 5.32 Å². The van der Waals surface area contributed by atoms with E-state index < -0.39 is 0 Å². The first-order valence-electron chi connectivity index (χ1n) is 7.53. The van der Waals surface area contributed by atoms with Crippen molar-refractivity contribution >= 4 is 10.9 Å². The van der Waals surface area contributed by atoms with Crippen LogP contribution in [0.1, 0.15) is 25.1 Å². The van der Waals surface area contributed by atoms with E-state index in [0.29, 0.717) is 0 Å². The Kier molecular flexibility index (Phi) is 3.35. The van der Waals surface area contributed by atoms with Gasteiger partial charge in [-0.15, -0.1) is 0 Å². The minimum Gasteiger partial charge on any atom is -0.348 e. The molecule has 0 unspecified atom stereocenters. The fourth-order valence-electron chi connectivity index (χ4n) is 3.68. The number of nitrogens with one attached hydrogen (secondary N) is 1. The highest BCUT2D eigenvalue weighted by Gasteiger charge is 2.33. The predicted octanol–water partition coefficient (Wildman–Crippen LogP) is 2.63. The number of benzene rings is 1. The minimum absolute atomic E-state index is 0.0764. The zero-order valence-corrected chi connectivity index (χ0v) is 13.0. The Labute approximate surface area is 121 Å². The van der Waals surface area contributed by atoms with E-state index in [4.69, 9.17) is 0 Å². The molecule has 0 radical (unpaired) electrons. The maximum atomic E-state index is 3.45. The Morgan fingerprint density at radius 3 is 2.45 bits per heavy atom. The average Bonchev–Trinajstić information content (AvgIpc) is 2.73. The fourth-order valence-corrected chi connectivity index (χ4v) is 3.68. The van der Waals surface area contributed by atoms with E-state index in [9.17, 15) is 0 Å². The lowest BCUT2D eigenvalue weighted by Gasteiger charge is -2.41. The van der Waals surface area contributed by atoms with Gasteiger partial charge < -0.3 is 9.88 Å². The number of hydrogen-bond donors (Lipinski definition) is 1. The molecule has 1 aromatic carbocycles. The first-order chi connectivity index (χ1) is 9.53. The van der Waals surface area contributed by atoms with Crippen LogP contribution in [0.2, 0.25) is 0 Å². The van der Waals surface area contributed by atoms with E-state index in [-0.39, 0.29) is 5.54 Å². The summed E-state index contributed by atoms with van der Waals surface area (Å²) in [7, 11) is 2.18. The third-order valence-electron chi connectivity index (χ3n) is 4.92. The zero-order chi connectivity index (χ0) is 14.3. The number of aromatic nitrogens is 1. The van der Waals surface area contributed by atoms with Gasteiger partial charge in [0.2, 0.25) is 0 Å². The normalized spacial score (nSPS) is 17.8. The third-order valence-corrected chi connectivity index (χ3v) is 4.92. The van der Waals surface area contributed by atoms with Crippen molar-refractivity contribution in [2.45, 2.75) is 26.3 Å². The molecule has 2 heterocycles. The van der Waals surface area contributed by atoms with Gasteiger partial charge in [0.25, 0.3) is 0 Å². The molecule has 20 heavy (non-hydrogen) atoms. The second kappa shape index (κ2) is 4.90. The molecule has 1 saturated heterocycles. The predicted molar refractivity (Wildman–Crippen MR) is 85.1 cm³/mol. The molecule has 3 nitrogen and oxygen atoms in total. The van der Waals surface area contributed by atoms with Crippen molar-refractivity contribution < 1.29 is 0 Å². The highest BCUT2D eigenvalue weighted by atomic mass is 15.2. The summed E-state index contributed by atoms with van der Waals surface area (Å²) in [6, 6.07) is 8.77. The molecule has 1 aromatic heterocycles. The van der Waals surface area contributed by atoms with E-state index in [0.717, 1.165) is 26.2 Å². The van der Waals surface area contributed by atoms with Gasteiger partial charge in [-0.2, -0.15) is 0 Å². The Bertz CT molecular complexity index is 618. The van der Waals surface area contributed by atoms with E-state index in [2.05, 4.69) is 66.9 Å². The van der Waals surface area contributed by atoms with Crippen molar-refractivity contribution in [2.24, 2.45) is 7.05 Å². The maximum absolute atomic E-state index is 3.45. The Balaban J connectivity index is 2.15. The second-order valence-corrected chi connectivity index (χ2v) is 6.33. The lowest BCUT2D eigenvalue weighted by atomic mass is 9.89. The van der Waals surface area contributed by atoms with Crippen molar-refractivity contribution in [1.29, 1.82) is 0 Å². The molecule has 2 aromatic rings. The van der Waals surface area contributed by atoms with Crippen LogP contribution in [-0.4, -0.2) is 35.6 Å². The van der Waals surface area contributed by atoms with Gasteiger partial charge in [0.05, 0.1) is 0 Å². The van der Waals surface area contributed by atoms with Crippen LogP contribution in [-0.2, 0) is 12.6 Å². The van der Waals surface area contributed by atoms with Gasteiger partial charge >= 0.3 is 0 Å². The van der Waals surface area contributed by atoms with Crippen LogP contribution in [0.15, 0.2) is 24.3 Å². The molecular formula is C17H25N3. The number of hydrogen-bond acceptors (Lipinski definition) is 2. The van der Waals surface area contributed by atoms with Gasteiger partial charge in [0.1, 0.15) is 0 Å². The summed E-state index contributed by atoms with van der Waals surface area (Å²) in [6.45, 7) is 11.4. The molecular weight excluding hydrogens is 246 g/mol. The standard InChI is InChI=1S/C17H25N3/c1-13-16(14-7-5-6-8-15(14)19(13)4)17(2,3)20-11-9-18-10-12-20/h5-8,18H,9-12H2,1-4H3. The number of rotatable bonds is 2. The summed E-state index contributed by atoms with van der Waals surface area (Å²) < 4.78 is 2.33. The summed E-state index contributed by atoms with van der Waals surface area (Å²) in [5.41, 5.74) is 4.28. The summed E-state index contributed by atoms with van der Waals surface area (Å²) in [4.78, 5) is 2.61. The lowest BCUT2D eigenvalue weighted by molar-refractivity contribution is 0.103. The van der Waals surface area contributed by atoms with Crippen LogP contribution in [0.25, 0.3) is 10.9 Å². The van der Waals surface area contributed by atoms with Crippen LogP contribution in [0, 0.1) is 6.92 Å². The van der Waals surface area contributed by atoms with E-state index >= 15 is 0 Å². The summed E-state index contributed by atoms with van der Waals surface area (Å²) in [5, 5.41) is 4.85. The molecule has 1 N–H and O–H groups in total. The monoisotopic (exact) mass is 271 g/mol. The van der Waals surface area contributed by atoms with Gasteiger partial charge in [-0.1, -0.05) is 18.2 Å². The van der Waals surface area contributed by atoms with E-state index in [1.807, 2.05) is 0 Å². The van der Waals surface area contributed by atoms with Crippen LogP contribution in [0.3, 0.4) is 0 Å². The second-order valence-electron chi connectivity index (χ2n) is 6.33. The molecule has 3 heteroatoms. The number of fused-ring (bicyclic) bond motifs is 1. The molecule has 1 aliphatic heterocycles. The van der Waals surface area contributed by atoms with E-state index in [1.165, 1.54) is 22.2 Å². The molecule has 0 atom stereocenters. The van der Waals surface area contributed by atoms with Crippen molar-refractivity contribution in [1.82, 2.24) is 14.8 Å². The quantitative estimate of drug-likeness (QED) is 0.906. The number of piperazine rings is 1. The fraction of sp³-hybridized carbons (Fsp3) is 0.529. The molecule has 0 aliphatic carbocycles. The summed E-state index contributed by atoms with van der Waals surface area (Å²) >= 11 is 0. The first-order valence-corrected chi connectivity index (χ1v) is 7.53.